The van der Waals surface area contributed by atoms with Crippen molar-refractivity contribution in [1.29, 1.82) is 0 Å². The summed E-state index contributed by atoms with van der Waals surface area (Å²) in [6, 6.07) is 9.76. The third-order valence-electron chi connectivity index (χ3n) is 4.78. The first-order chi connectivity index (χ1) is 15.2. The van der Waals surface area contributed by atoms with Gasteiger partial charge in [0.15, 0.2) is 5.16 Å². The van der Waals surface area contributed by atoms with Crippen LogP contribution in [0.15, 0.2) is 46.5 Å². The van der Waals surface area contributed by atoms with Crippen molar-refractivity contribution in [3.63, 3.8) is 0 Å². The number of nitrogens with one attached hydrogen (secondary N) is 1. The number of benzene rings is 2. The molecule has 1 unspecified atom stereocenters. The van der Waals surface area contributed by atoms with Gasteiger partial charge in [0.1, 0.15) is 11.5 Å². The normalized spacial score (nSPS) is 12.5. The van der Waals surface area contributed by atoms with E-state index in [1.54, 1.807) is 38.3 Å². The van der Waals surface area contributed by atoms with Gasteiger partial charge in [0.2, 0.25) is 15.9 Å². The van der Waals surface area contributed by atoms with Crippen LogP contribution in [0.5, 0.6) is 11.5 Å². The molecular weight excluding hydrogens is 452 g/mol. The number of aromatic nitrogens is 2. The molecule has 9 nitrogen and oxygen atoms in total. The van der Waals surface area contributed by atoms with E-state index >= 15 is 0 Å². The third kappa shape index (κ3) is 5.17. The predicted octanol–water partition coefficient (Wildman–Crippen LogP) is 3.23. The molecule has 11 heteroatoms. The topological polar surface area (TPSA) is 126 Å². The summed E-state index contributed by atoms with van der Waals surface area (Å²) in [4.78, 5) is 17.5. The number of hydrogen-bond acceptors (Lipinski definition) is 7. The highest BCUT2D eigenvalue weighted by atomic mass is 32.2. The Labute approximate surface area is 191 Å². The second-order valence-corrected chi connectivity index (χ2v) is 9.93. The highest BCUT2D eigenvalue weighted by molar-refractivity contribution is 8.00. The van der Waals surface area contributed by atoms with Gasteiger partial charge in [-0.15, -0.1) is 0 Å². The van der Waals surface area contributed by atoms with E-state index in [9.17, 15) is 13.2 Å². The van der Waals surface area contributed by atoms with Crippen molar-refractivity contribution in [3.05, 3.63) is 36.4 Å². The Bertz CT molecular complexity index is 1240. The SMILES string of the molecule is CCCn1c(SC(C)C(=O)Nc2cc(OC)ccc2OC)nc2cc(S(N)(=O)=O)ccc21. The largest absolute Gasteiger partial charge is 0.497 e. The van der Waals surface area contributed by atoms with Crippen LogP contribution in [0.4, 0.5) is 5.69 Å². The van der Waals surface area contributed by atoms with Crippen LogP contribution in [-0.4, -0.2) is 43.3 Å². The molecule has 0 aliphatic carbocycles. The maximum absolute atomic E-state index is 12.9. The lowest BCUT2D eigenvalue weighted by Gasteiger charge is -2.15. The lowest BCUT2D eigenvalue weighted by Crippen LogP contribution is -2.23. The molecule has 0 aliphatic rings. The van der Waals surface area contributed by atoms with Crippen LogP contribution in [0.25, 0.3) is 11.0 Å². The molecule has 3 rings (SSSR count). The maximum Gasteiger partial charge on any atom is 0.238 e. The fourth-order valence-electron chi connectivity index (χ4n) is 3.15. The van der Waals surface area contributed by atoms with Crippen molar-refractivity contribution in [1.82, 2.24) is 9.55 Å². The second-order valence-electron chi connectivity index (χ2n) is 7.06. The van der Waals surface area contributed by atoms with Gasteiger partial charge in [-0.2, -0.15) is 0 Å². The average molecular weight is 479 g/mol. The first kappa shape index (κ1) is 23.9. The quantitative estimate of drug-likeness (QED) is 0.452. The average Bonchev–Trinajstić information content (AvgIpc) is 3.09. The number of aryl methyl sites for hydroxylation is 1. The van der Waals surface area contributed by atoms with Gasteiger partial charge in [-0.3, -0.25) is 4.79 Å². The molecule has 2 aromatic carbocycles. The monoisotopic (exact) mass is 478 g/mol. The van der Waals surface area contributed by atoms with Crippen molar-refractivity contribution in [3.8, 4) is 11.5 Å². The third-order valence-corrected chi connectivity index (χ3v) is 6.78. The molecule has 3 aromatic rings. The summed E-state index contributed by atoms with van der Waals surface area (Å²) >= 11 is 1.29. The first-order valence-electron chi connectivity index (χ1n) is 9.90. The summed E-state index contributed by atoms with van der Waals surface area (Å²) in [5.41, 5.74) is 1.79. The molecular formula is C21H26N4O5S2. The predicted molar refractivity (Wildman–Crippen MR) is 125 cm³/mol. The Kier molecular flexibility index (Phi) is 7.32. The van der Waals surface area contributed by atoms with E-state index in [4.69, 9.17) is 14.6 Å². The van der Waals surface area contributed by atoms with Crippen LogP contribution >= 0.6 is 11.8 Å². The highest BCUT2D eigenvalue weighted by Crippen LogP contribution is 2.32. The number of hydrogen-bond donors (Lipinski definition) is 2. The van der Waals surface area contributed by atoms with Gasteiger partial charge < -0.3 is 19.4 Å². The summed E-state index contributed by atoms with van der Waals surface area (Å²) in [6.07, 6.45) is 0.845. The molecule has 1 aromatic heterocycles. The van der Waals surface area contributed by atoms with Gasteiger partial charge in [-0.1, -0.05) is 18.7 Å². The molecule has 0 aliphatic heterocycles. The first-order valence-corrected chi connectivity index (χ1v) is 12.3. The number of sulfonamides is 1. The zero-order valence-corrected chi connectivity index (χ0v) is 19.9. The fourth-order valence-corrected chi connectivity index (χ4v) is 4.64. The summed E-state index contributed by atoms with van der Waals surface area (Å²) in [5, 5.41) is 8.25. The molecule has 0 saturated carbocycles. The van der Waals surface area contributed by atoms with Crippen LogP contribution in [0.1, 0.15) is 20.3 Å². The number of methoxy groups -OCH3 is 2. The number of anilines is 1. The van der Waals surface area contributed by atoms with E-state index in [1.807, 2.05) is 11.5 Å². The lowest BCUT2D eigenvalue weighted by molar-refractivity contribution is -0.115. The number of fused-ring (bicyclic) bond motifs is 1. The molecule has 1 atom stereocenters. The molecule has 0 saturated heterocycles. The zero-order valence-electron chi connectivity index (χ0n) is 18.3. The van der Waals surface area contributed by atoms with E-state index in [0.29, 0.717) is 34.4 Å². The van der Waals surface area contributed by atoms with Crippen molar-refractivity contribution < 1.29 is 22.7 Å². The number of nitrogens with zero attached hydrogens (tertiary/aromatic N) is 2. The maximum atomic E-state index is 12.9. The molecule has 32 heavy (non-hydrogen) atoms. The van der Waals surface area contributed by atoms with Gasteiger partial charge in [-0.25, -0.2) is 18.5 Å². The van der Waals surface area contributed by atoms with Gasteiger partial charge in [0, 0.05) is 12.6 Å². The smallest absolute Gasteiger partial charge is 0.238 e. The molecule has 0 fully saturated rings. The van der Waals surface area contributed by atoms with Gasteiger partial charge >= 0.3 is 0 Å². The number of primary sulfonamides is 1. The van der Waals surface area contributed by atoms with Crippen LogP contribution < -0.4 is 19.9 Å². The number of ether oxygens (including phenoxy) is 2. The number of carbonyl (C=O) groups is 1. The number of imidazole rings is 1. The molecule has 3 N–H and O–H groups in total. The Morgan fingerprint density at radius 3 is 2.59 bits per heavy atom. The fraction of sp³-hybridized carbons (Fsp3) is 0.333. The standard InChI is InChI=1S/C21H26N4O5S2/c1-5-10-25-18-8-7-15(32(22,27)28)12-16(18)24-21(25)31-13(2)20(26)23-17-11-14(29-3)6-9-19(17)30-4/h6-9,11-13H,5,10H2,1-4H3,(H,23,26)(H2,22,27,28). The van der Waals surface area contributed by atoms with Crippen molar-refractivity contribution in [2.24, 2.45) is 5.14 Å². The number of amides is 1. The molecule has 0 radical (unpaired) electrons. The van der Waals surface area contributed by atoms with E-state index in [1.165, 1.54) is 31.0 Å². The zero-order chi connectivity index (χ0) is 23.5. The number of rotatable bonds is 9. The van der Waals surface area contributed by atoms with Crippen LogP contribution in [0, 0.1) is 0 Å². The van der Waals surface area contributed by atoms with Gasteiger partial charge in [0.25, 0.3) is 0 Å². The van der Waals surface area contributed by atoms with E-state index in [-0.39, 0.29) is 10.8 Å². The minimum Gasteiger partial charge on any atom is -0.497 e. The number of nitrogens with two attached hydrogens (primary N) is 1. The molecule has 1 amide bonds. The van der Waals surface area contributed by atoms with Crippen molar-refractivity contribution >= 4 is 44.4 Å². The molecule has 0 spiro atoms. The van der Waals surface area contributed by atoms with Crippen LogP contribution in [-0.2, 0) is 21.4 Å². The van der Waals surface area contributed by atoms with Crippen molar-refractivity contribution in [2.45, 2.75) is 42.1 Å². The van der Waals surface area contributed by atoms with Crippen molar-refractivity contribution in [2.75, 3.05) is 19.5 Å². The molecule has 0 bridgehead atoms. The Morgan fingerprint density at radius 1 is 1.22 bits per heavy atom. The summed E-state index contributed by atoms with van der Waals surface area (Å²) in [7, 11) is -0.763. The molecule has 172 valence electrons. The minimum absolute atomic E-state index is 0.00129. The van der Waals surface area contributed by atoms with E-state index in [0.717, 1.165) is 11.9 Å². The Balaban J connectivity index is 1.88. The minimum atomic E-state index is -3.84. The summed E-state index contributed by atoms with van der Waals surface area (Å²) in [6.45, 7) is 4.48. The number of carbonyl (C=O) groups excluding carboxylic acids is 1. The van der Waals surface area contributed by atoms with Crippen LogP contribution in [0.2, 0.25) is 0 Å². The van der Waals surface area contributed by atoms with Gasteiger partial charge in [0.05, 0.1) is 41.1 Å². The van der Waals surface area contributed by atoms with E-state index < -0.39 is 15.3 Å². The molecule has 1 heterocycles. The second kappa shape index (κ2) is 9.80. The summed E-state index contributed by atoms with van der Waals surface area (Å²) < 4.78 is 35.9. The lowest BCUT2D eigenvalue weighted by atomic mass is 10.2. The van der Waals surface area contributed by atoms with E-state index in [2.05, 4.69) is 10.3 Å². The summed E-state index contributed by atoms with van der Waals surface area (Å²) in [5.74, 6) is 0.879. The van der Waals surface area contributed by atoms with Gasteiger partial charge in [-0.05, 0) is 43.7 Å². The highest BCUT2D eigenvalue weighted by Gasteiger charge is 2.21. The van der Waals surface area contributed by atoms with Crippen LogP contribution in [0.3, 0.4) is 0 Å². The Hall–Kier alpha value is -2.76. The number of thioether (sulfide) groups is 1. The Morgan fingerprint density at radius 2 is 1.97 bits per heavy atom.